The monoisotopic (exact) mass is 293 g/mol. The Hall–Kier alpha value is -2.57. The molecule has 3 rings (SSSR count). The molecule has 108 valence electrons. The number of fused-ring (bicyclic) bond motifs is 1. The van der Waals surface area contributed by atoms with Crippen molar-refractivity contribution < 1.29 is 18.0 Å². The molecule has 0 radical (unpaired) electrons. The molecule has 0 bridgehead atoms. The normalized spacial score (nSPS) is 14.6. The van der Waals surface area contributed by atoms with E-state index in [1.54, 1.807) is 12.1 Å². The van der Waals surface area contributed by atoms with Gasteiger partial charge in [-0.15, -0.1) is 0 Å². The van der Waals surface area contributed by atoms with Crippen LogP contribution in [0.4, 0.5) is 29.5 Å². The third-order valence-corrected chi connectivity index (χ3v) is 3.14. The molecule has 2 heterocycles. The van der Waals surface area contributed by atoms with Crippen molar-refractivity contribution in [3.8, 4) is 0 Å². The lowest BCUT2D eigenvalue weighted by Gasteiger charge is -2.29. The molecule has 0 saturated heterocycles. The molecule has 7 heteroatoms. The first-order valence-electron chi connectivity index (χ1n) is 6.16. The van der Waals surface area contributed by atoms with E-state index in [0.717, 1.165) is 22.6 Å². The number of urea groups is 1. The van der Waals surface area contributed by atoms with Crippen molar-refractivity contribution >= 4 is 17.5 Å². The summed E-state index contributed by atoms with van der Waals surface area (Å²) in [6.07, 6.45) is -2.97. The number of benzene rings is 1. The number of nitrogens with one attached hydrogen (secondary N) is 1. The van der Waals surface area contributed by atoms with Crippen molar-refractivity contribution in [3.05, 3.63) is 53.7 Å². The van der Waals surface area contributed by atoms with Crippen LogP contribution in [0.15, 0.2) is 42.6 Å². The average Bonchev–Trinajstić information content (AvgIpc) is 2.46. The second-order valence-electron chi connectivity index (χ2n) is 4.53. The summed E-state index contributed by atoms with van der Waals surface area (Å²) < 4.78 is 38.4. The Morgan fingerprint density at radius 2 is 2.00 bits per heavy atom. The van der Waals surface area contributed by atoms with Crippen molar-refractivity contribution in [3.63, 3.8) is 0 Å². The second-order valence-corrected chi connectivity index (χ2v) is 4.53. The van der Waals surface area contributed by atoms with Gasteiger partial charge in [-0.1, -0.05) is 12.1 Å². The van der Waals surface area contributed by atoms with E-state index >= 15 is 0 Å². The Morgan fingerprint density at radius 1 is 1.19 bits per heavy atom. The van der Waals surface area contributed by atoms with Crippen LogP contribution in [0.3, 0.4) is 0 Å². The van der Waals surface area contributed by atoms with Gasteiger partial charge in [-0.05, 0) is 24.3 Å². The van der Waals surface area contributed by atoms with Crippen molar-refractivity contribution in [2.24, 2.45) is 0 Å². The van der Waals surface area contributed by atoms with Crippen molar-refractivity contribution in [1.29, 1.82) is 0 Å². The molecular formula is C14H10F3N3O. The molecule has 0 fully saturated rings. The highest BCUT2D eigenvalue weighted by atomic mass is 19.4. The number of carbonyl (C=O) groups excluding carboxylic acids is 1. The molecule has 0 spiro atoms. The van der Waals surface area contributed by atoms with Crippen molar-refractivity contribution in [1.82, 2.24) is 10.3 Å². The van der Waals surface area contributed by atoms with Crippen LogP contribution in [0.25, 0.3) is 0 Å². The third-order valence-electron chi connectivity index (χ3n) is 3.14. The highest BCUT2D eigenvalue weighted by Gasteiger charge is 2.32. The molecule has 1 aromatic heterocycles. The molecular weight excluding hydrogens is 283 g/mol. The molecule has 4 nitrogen and oxygen atoms in total. The zero-order valence-corrected chi connectivity index (χ0v) is 10.7. The third kappa shape index (κ3) is 2.42. The molecule has 0 aliphatic carbocycles. The van der Waals surface area contributed by atoms with Crippen molar-refractivity contribution in [2.45, 2.75) is 12.7 Å². The number of aromatic nitrogens is 1. The topological polar surface area (TPSA) is 45.2 Å². The standard InChI is InChI=1S/C14H10F3N3O/c15-14(16,17)10-4-1-5-11(7-10)20-12-9(3-2-6-18-12)8-19-13(20)21/h1-7H,8H2,(H,19,21). The zero-order chi connectivity index (χ0) is 15.0. The van der Waals surface area contributed by atoms with Crippen LogP contribution in [0, 0.1) is 0 Å². The van der Waals surface area contributed by atoms with Gasteiger partial charge in [0.2, 0.25) is 0 Å². The lowest BCUT2D eigenvalue weighted by Crippen LogP contribution is -2.41. The number of rotatable bonds is 1. The fourth-order valence-electron chi connectivity index (χ4n) is 2.18. The Balaban J connectivity index is 2.10. The average molecular weight is 293 g/mol. The molecule has 1 aromatic carbocycles. The highest BCUT2D eigenvalue weighted by Crippen LogP contribution is 2.35. The first kappa shape index (κ1) is 13.4. The number of pyridine rings is 1. The summed E-state index contributed by atoms with van der Waals surface area (Å²) in [5, 5.41) is 2.61. The summed E-state index contributed by atoms with van der Waals surface area (Å²) >= 11 is 0. The Morgan fingerprint density at radius 3 is 2.76 bits per heavy atom. The van der Waals surface area contributed by atoms with Gasteiger partial charge in [-0.3, -0.25) is 0 Å². The first-order valence-corrected chi connectivity index (χ1v) is 6.16. The number of anilines is 2. The number of carbonyl (C=O) groups is 1. The van der Waals surface area contributed by atoms with Gasteiger partial charge < -0.3 is 5.32 Å². The van der Waals surface area contributed by atoms with Gasteiger partial charge in [0.05, 0.1) is 11.3 Å². The maximum Gasteiger partial charge on any atom is 0.416 e. The summed E-state index contributed by atoms with van der Waals surface area (Å²) in [5.41, 5.74) is 0.0624. The van der Waals surface area contributed by atoms with Crippen LogP contribution >= 0.6 is 0 Å². The largest absolute Gasteiger partial charge is 0.416 e. The number of hydrogen-bond acceptors (Lipinski definition) is 2. The summed E-state index contributed by atoms with van der Waals surface area (Å²) in [6, 6.07) is 7.58. The molecule has 0 atom stereocenters. The first-order chi connectivity index (χ1) is 9.97. The molecule has 0 saturated carbocycles. The fourth-order valence-corrected chi connectivity index (χ4v) is 2.18. The number of alkyl halides is 3. The lowest BCUT2D eigenvalue weighted by atomic mass is 10.1. The number of halogens is 3. The predicted molar refractivity (Wildman–Crippen MR) is 70.1 cm³/mol. The van der Waals surface area contributed by atoms with E-state index < -0.39 is 17.8 Å². The SMILES string of the molecule is O=C1NCc2cccnc2N1c1cccc(C(F)(F)F)c1. The molecule has 1 aliphatic heterocycles. The van der Waals surface area contributed by atoms with Gasteiger partial charge in [0.25, 0.3) is 0 Å². The van der Waals surface area contributed by atoms with E-state index in [0.29, 0.717) is 12.4 Å². The van der Waals surface area contributed by atoms with Crippen LogP contribution in [0.1, 0.15) is 11.1 Å². The zero-order valence-electron chi connectivity index (χ0n) is 10.7. The van der Waals surface area contributed by atoms with Gasteiger partial charge in [0.15, 0.2) is 0 Å². The van der Waals surface area contributed by atoms with Crippen molar-refractivity contribution in [2.75, 3.05) is 4.90 Å². The second kappa shape index (κ2) is 4.76. The van der Waals surface area contributed by atoms with E-state index in [9.17, 15) is 18.0 Å². The van der Waals surface area contributed by atoms with E-state index in [-0.39, 0.29) is 5.69 Å². The van der Waals surface area contributed by atoms with Crippen LogP contribution in [0.2, 0.25) is 0 Å². The number of amides is 2. The number of hydrogen-bond donors (Lipinski definition) is 1. The molecule has 1 N–H and O–H groups in total. The van der Waals surface area contributed by atoms with Crippen LogP contribution in [-0.2, 0) is 12.7 Å². The van der Waals surface area contributed by atoms with Gasteiger partial charge in [-0.25, -0.2) is 14.7 Å². The molecule has 21 heavy (non-hydrogen) atoms. The summed E-state index contributed by atoms with van der Waals surface area (Å²) in [4.78, 5) is 17.3. The lowest BCUT2D eigenvalue weighted by molar-refractivity contribution is -0.137. The van der Waals surface area contributed by atoms with E-state index in [1.807, 2.05) is 0 Å². The minimum atomic E-state index is -4.46. The van der Waals surface area contributed by atoms with Crippen LogP contribution in [0.5, 0.6) is 0 Å². The van der Waals surface area contributed by atoms with Crippen LogP contribution in [-0.4, -0.2) is 11.0 Å². The summed E-state index contributed by atoms with van der Waals surface area (Å²) in [6.45, 7) is 0.303. The summed E-state index contributed by atoms with van der Waals surface area (Å²) in [5.74, 6) is 0.348. The van der Waals surface area contributed by atoms with E-state index in [2.05, 4.69) is 10.3 Å². The van der Waals surface area contributed by atoms with Gasteiger partial charge in [0, 0.05) is 18.3 Å². The molecule has 0 unspecified atom stereocenters. The quantitative estimate of drug-likeness (QED) is 0.875. The minimum absolute atomic E-state index is 0.127. The van der Waals surface area contributed by atoms with E-state index in [1.165, 1.54) is 18.3 Å². The van der Waals surface area contributed by atoms with Crippen LogP contribution < -0.4 is 10.2 Å². The molecule has 2 aromatic rings. The maximum absolute atomic E-state index is 12.8. The van der Waals surface area contributed by atoms with Gasteiger partial charge in [0.1, 0.15) is 5.82 Å². The molecule has 1 aliphatic rings. The van der Waals surface area contributed by atoms with Gasteiger partial charge in [-0.2, -0.15) is 13.2 Å². The predicted octanol–water partition coefficient (Wildman–Crippen LogP) is 3.46. The number of nitrogens with zero attached hydrogens (tertiary/aromatic N) is 2. The summed E-state index contributed by atoms with van der Waals surface area (Å²) in [7, 11) is 0. The fraction of sp³-hybridized carbons (Fsp3) is 0.143. The van der Waals surface area contributed by atoms with E-state index in [4.69, 9.17) is 0 Å². The minimum Gasteiger partial charge on any atom is -0.333 e. The Kier molecular flexibility index (Phi) is 3.04. The smallest absolute Gasteiger partial charge is 0.333 e. The molecule has 2 amide bonds. The highest BCUT2D eigenvalue weighted by molar-refractivity contribution is 6.00. The Bertz CT molecular complexity index is 700. The van der Waals surface area contributed by atoms with Gasteiger partial charge >= 0.3 is 12.2 Å². The maximum atomic E-state index is 12.8. The Labute approximate surface area is 118 Å².